The summed E-state index contributed by atoms with van der Waals surface area (Å²) in [6.07, 6.45) is 2.04. The number of thiophene rings is 1. The molecule has 1 amide bonds. The zero-order valence-corrected chi connectivity index (χ0v) is 15.4. The van der Waals surface area contributed by atoms with Gasteiger partial charge in [0, 0.05) is 36.4 Å². The van der Waals surface area contributed by atoms with Crippen LogP contribution in [-0.2, 0) is 11.3 Å². The maximum absolute atomic E-state index is 14.0. The fourth-order valence-electron chi connectivity index (χ4n) is 3.29. The molecule has 0 atom stereocenters. The van der Waals surface area contributed by atoms with E-state index in [1.807, 2.05) is 11.0 Å². The van der Waals surface area contributed by atoms with E-state index in [1.54, 1.807) is 0 Å². The highest BCUT2D eigenvalue weighted by Gasteiger charge is 2.26. The van der Waals surface area contributed by atoms with Gasteiger partial charge in [-0.1, -0.05) is 17.7 Å². The quantitative estimate of drug-likeness (QED) is 0.768. The zero-order chi connectivity index (χ0) is 18.3. The van der Waals surface area contributed by atoms with Gasteiger partial charge < -0.3 is 4.90 Å². The van der Waals surface area contributed by atoms with Crippen molar-refractivity contribution in [3.05, 3.63) is 50.7 Å². The summed E-state index contributed by atoms with van der Waals surface area (Å²) in [5.74, 6) is -1.12. The number of carbonyl (C=O) groups excluding carboxylic acids is 1. The molecule has 0 aliphatic carbocycles. The second-order valence-electron chi connectivity index (χ2n) is 6.31. The third-order valence-corrected chi connectivity index (χ3v) is 5.91. The van der Waals surface area contributed by atoms with E-state index in [0.717, 1.165) is 23.4 Å². The van der Waals surface area contributed by atoms with Gasteiger partial charge in [-0.15, -0.1) is 11.3 Å². The molecule has 8 heteroatoms. The lowest BCUT2D eigenvalue weighted by Gasteiger charge is -2.14. The molecule has 1 saturated heterocycles. The zero-order valence-electron chi connectivity index (χ0n) is 13.8. The summed E-state index contributed by atoms with van der Waals surface area (Å²) in [6.45, 7) is 1.70. The number of hydrogen-bond acceptors (Lipinski definition) is 4. The fraction of sp³-hybridized carbons (Fsp3) is 0.333. The predicted octanol–water partition coefficient (Wildman–Crippen LogP) is 4.42. The SMILES string of the molecule is O=C1CCCN1Cc1cc(C2=NN(c3c(F)cccc3F)CC2)c(Cl)s1. The summed E-state index contributed by atoms with van der Waals surface area (Å²) in [6, 6.07) is 5.69. The van der Waals surface area contributed by atoms with Crippen molar-refractivity contribution in [1.82, 2.24) is 4.90 Å². The summed E-state index contributed by atoms with van der Waals surface area (Å²) in [5.41, 5.74) is 1.34. The Morgan fingerprint density at radius 3 is 2.65 bits per heavy atom. The maximum Gasteiger partial charge on any atom is 0.222 e. The van der Waals surface area contributed by atoms with Crippen LogP contribution in [0.25, 0.3) is 0 Å². The number of carbonyl (C=O) groups is 1. The van der Waals surface area contributed by atoms with E-state index in [2.05, 4.69) is 5.10 Å². The number of nitrogens with zero attached hydrogens (tertiary/aromatic N) is 3. The lowest BCUT2D eigenvalue weighted by Crippen LogP contribution is -2.23. The average Bonchev–Trinajstić information content (AvgIpc) is 3.30. The van der Waals surface area contributed by atoms with Gasteiger partial charge in [0.2, 0.25) is 5.91 Å². The minimum Gasteiger partial charge on any atom is -0.338 e. The van der Waals surface area contributed by atoms with Gasteiger partial charge >= 0.3 is 0 Å². The Morgan fingerprint density at radius 1 is 1.19 bits per heavy atom. The lowest BCUT2D eigenvalue weighted by atomic mass is 10.1. The molecule has 1 aromatic heterocycles. The first-order valence-electron chi connectivity index (χ1n) is 8.38. The van der Waals surface area contributed by atoms with Crippen LogP contribution in [0.3, 0.4) is 0 Å². The second-order valence-corrected chi connectivity index (χ2v) is 8.05. The number of likely N-dealkylation sites (tertiary alicyclic amines) is 1. The maximum atomic E-state index is 14.0. The summed E-state index contributed by atoms with van der Waals surface area (Å²) in [4.78, 5) is 14.6. The number of benzene rings is 1. The Balaban J connectivity index is 1.57. The van der Waals surface area contributed by atoms with E-state index in [0.29, 0.717) is 36.0 Å². The molecule has 0 saturated carbocycles. The standard InChI is InChI=1S/C18H16ClF2N3OS/c19-18-12(9-11(26-18)10-23-7-2-5-16(23)25)15-6-8-24(22-15)17-13(20)3-1-4-14(17)21/h1,3-4,9H,2,5-8,10H2. The average molecular weight is 396 g/mol. The van der Waals surface area contributed by atoms with Crippen LogP contribution >= 0.6 is 22.9 Å². The van der Waals surface area contributed by atoms with Gasteiger partial charge in [-0.3, -0.25) is 9.80 Å². The number of halogens is 3. The van der Waals surface area contributed by atoms with Crippen LogP contribution in [0.15, 0.2) is 29.4 Å². The third kappa shape index (κ3) is 3.21. The van der Waals surface area contributed by atoms with Crippen LogP contribution < -0.4 is 5.01 Å². The number of hydrazone groups is 1. The van der Waals surface area contributed by atoms with Gasteiger partial charge in [-0.25, -0.2) is 8.78 Å². The molecule has 4 rings (SSSR count). The molecule has 0 N–H and O–H groups in total. The second kappa shape index (κ2) is 6.96. The van der Waals surface area contributed by atoms with E-state index in [1.165, 1.54) is 34.5 Å². The fourth-order valence-corrected chi connectivity index (χ4v) is 4.67. The van der Waals surface area contributed by atoms with Crippen LogP contribution in [0.5, 0.6) is 0 Å². The van der Waals surface area contributed by atoms with E-state index < -0.39 is 11.6 Å². The first kappa shape index (κ1) is 17.4. The molecule has 3 heterocycles. The Bertz CT molecular complexity index is 878. The molecule has 0 unspecified atom stereocenters. The molecule has 0 radical (unpaired) electrons. The number of rotatable bonds is 4. The summed E-state index contributed by atoms with van der Waals surface area (Å²) < 4.78 is 28.5. The molecule has 2 aliphatic rings. The molecular formula is C18H16ClF2N3OS. The van der Waals surface area contributed by atoms with Gasteiger partial charge in [0.15, 0.2) is 11.6 Å². The Labute approximate surface area is 158 Å². The molecule has 4 nitrogen and oxygen atoms in total. The Kier molecular flexibility index (Phi) is 4.67. The van der Waals surface area contributed by atoms with Crippen molar-refractivity contribution in [3.63, 3.8) is 0 Å². The van der Waals surface area contributed by atoms with Gasteiger partial charge in [0.05, 0.1) is 12.3 Å². The monoisotopic (exact) mass is 395 g/mol. The summed E-state index contributed by atoms with van der Waals surface area (Å²) >= 11 is 7.79. The Morgan fingerprint density at radius 2 is 1.96 bits per heavy atom. The van der Waals surface area contributed by atoms with Crippen molar-refractivity contribution in [3.8, 4) is 0 Å². The number of anilines is 1. The van der Waals surface area contributed by atoms with Crippen molar-refractivity contribution < 1.29 is 13.6 Å². The molecule has 26 heavy (non-hydrogen) atoms. The van der Waals surface area contributed by atoms with Crippen LogP contribution in [0.4, 0.5) is 14.5 Å². The van der Waals surface area contributed by atoms with Crippen LogP contribution in [-0.4, -0.2) is 29.6 Å². The molecule has 136 valence electrons. The van der Waals surface area contributed by atoms with Crippen molar-refractivity contribution >= 4 is 40.2 Å². The van der Waals surface area contributed by atoms with Gasteiger partial charge in [0.25, 0.3) is 0 Å². The number of amides is 1. The van der Waals surface area contributed by atoms with Gasteiger partial charge in [-0.2, -0.15) is 5.10 Å². The highest BCUT2D eigenvalue weighted by Crippen LogP contribution is 2.34. The summed E-state index contributed by atoms with van der Waals surface area (Å²) in [7, 11) is 0. The smallest absolute Gasteiger partial charge is 0.222 e. The number of hydrogen-bond donors (Lipinski definition) is 0. The molecule has 1 fully saturated rings. The van der Waals surface area contributed by atoms with E-state index >= 15 is 0 Å². The highest BCUT2D eigenvalue weighted by atomic mass is 35.5. The third-order valence-electron chi connectivity index (χ3n) is 4.56. The predicted molar refractivity (Wildman–Crippen MR) is 98.8 cm³/mol. The van der Waals surface area contributed by atoms with E-state index in [9.17, 15) is 13.6 Å². The largest absolute Gasteiger partial charge is 0.338 e. The van der Waals surface area contributed by atoms with E-state index in [4.69, 9.17) is 11.6 Å². The van der Waals surface area contributed by atoms with Gasteiger partial charge in [-0.05, 0) is 24.6 Å². The first-order chi connectivity index (χ1) is 12.5. The van der Waals surface area contributed by atoms with Crippen LogP contribution in [0.1, 0.15) is 29.7 Å². The summed E-state index contributed by atoms with van der Waals surface area (Å²) in [5, 5.41) is 5.73. The van der Waals surface area contributed by atoms with Crippen LogP contribution in [0.2, 0.25) is 4.34 Å². The minimum atomic E-state index is -0.639. The van der Waals surface area contributed by atoms with Crippen LogP contribution in [0, 0.1) is 11.6 Å². The molecule has 1 aromatic carbocycles. The first-order valence-corrected chi connectivity index (χ1v) is 9.58. The molecule has 0 bridgehead atoms. The minimum absolute atomic E-state index is 0.142. The molecule has 2 aromatic rings. The van der Waals surface area contributed by atoms with Crippen molar-refractivity contribution in [2.24, 2.45) is 5.10 Å². The van der Waals surface area contributed by atoms with Crippen molar-refractivity contribution in [2.45, 2.75) is 25.8 Å². The normalized spacial score (nSPS) is 17.3. The molecule has 2 aliphatic heterocycles. The Hall–Kier alpha value is -1.99. The highest BCUT2D eigenvalue weighted by molar-refractivity contribution is 7.16. The van der Waals surface area contributed by atoms with Crippen molar-refractivity contribution in [2.75, 3.05) is 18.1 Å². The van der Waals surface area contributed by atoms with Gasteiger partial charge in [0.1, 0.15) is 10.0 Å². The number of para-hydroxylation sites is 1. The van der Waals surface area contributed by atoms with Crippen molar-refractivity contribution in [1.29, 1.82) is 0 Å². The lowest BCUT2D eigenvalue weighted by molar-refractivity contribution is -0.128. The molecule has 0 spiro atoms. The topological polar surface area (TPSA) is 35.9 Å². The molecular weight excluding hydrogens is 380 g/mol. The van der Waals surface area contributed by atoms with E-state index in [-0.39, 0.29) is 11.6 Å².